The fourth-order valence-electron chi connectivity index (χ4n) is 3.29. The Kier molecular flexibility index (Phi) is 6.00. The van der Waals surface area contributed by atoms with E-state index < -0.39 is 0 Å². The number of carbonyl (C=O) groups is 2. The quantitative estimate of drug-likeness (QED) is 0.577. The topological polar surface area (TPSA) is 67.4 Å². The Morgan fingerprint density at radius 2 is 1.60 bits per heavy atom. The standard InChI is InChI=1S/C24H21ClN2O3/c25-19-10-12-20(13-11-19)30-15-16-6-8-18(9-7-16)23(28)26-27-24(29)22-14-21(22)17-4-2-1-3-5-17/h1-13,21-22H,14-15H2,(H,26,28)(H,27,29). The molecule has 3 aromatic rings. The van der Waals surface area contributed by atoms with Crippen molar-refractivity contribution in [2.75, 3.05) is 0 Å². The zero-order chi connectivity index (χ0) is 20.9. The van der Waals surface area contributed by atoms with E-state index in [2.05, 4.69) is 10.9 Å². The van der Waals surface area contributed by atoms with Crippen molar-refractivity contribution in [2.24, 2.45) is 5.92 Å². The summed E-state index contributed by atoms with van der Waals surface area (Å²) in [5.41, 5.74) is 7.56. The fourth-order valence-corrected chi connectivity index (χ4v) is 3.41. The van der Waals surface area contributed by atoms with E-state index in [-0.39, 0.29) is 23.7 Å². The van der Waals surface area contributed by atoms with Gasteiger partial charge in [0, 0.05) is 16.5 Å². The first-order valence-corrected chi connectivity index (χ1v) is 10.1. The first kappa shape index (κ1) is 20.0. The highest BCUT2D eigenvalue weighted by Crippen LogP contribution is 2.47. The smallest absolute Gasteiger partial charge is 0.269 e. The van der Waals surface area contributed by atoms with Crippen LogP contribution in [0.2, 0.25) is 5.02 Å². The predicted octanol–water partition coefficient (Wildman–Crippen LogP) is 4.48. The Hall–Kier alpha value is -3.31. The van der Waals surface area contributed by atoms with Gasteiger partial charge in [0.25, 0.3) is 5.91 Å². The zero-order valence-corrected chi connectivity index (χ0v) is 16.9. The van der Waals surface area contributed by atoms with Gasteiger partial charge in [0.15, 0.2) is 0 Å². The fraction of sp³-hybridized carbons (Fsp3) is 0.167. The van der Waals surface area contributed by atoms with Crippen molar-refractivity contribution in [1.82, 2.24) is 10.9 Å². The van der Waals surface area contributed by atoms with E-state index in [1.54, 1.807) is 36.4 Å². The van der Waals surface area contributed by atoms with Gasteiger partial charge in [-0.15, -0.1) is 0 Å². The lowest BCUT2D eigenvalue weighted by molar-refractivity contribution is -0.123. The van der Waals surface area contributed by atoms with E-state index in [1.807, 2.05) is 42.5 Å². The second-order valence-corrected chi connectivity index (χ2v) is 7.68. The van der Waals surface area contributed by atoms with Gasteiger partial charge in [-0.05, 0) is 59.9 Å². The lowest BCUT2D eigenvalue weighted by atomic mass is 10.1. The summed E-state index contributed by atoms with van der Waals surface area (Å²) in [6.45, 7) is 0.378. The summed E-state index contributed by atoms with van der Waals surface area (Å²) in [5.74, 6) is 0.330. The third-order valence-electron chi connectivity index (χ3n) is 5.09. The molecule has 0 spiro atoms. The molecule has 1 saturated carbocycles. The molecular formula is C24H21ClN2O3. The van der Waals surface area contributed by atoms with E-state index in [0.29, 0.717) is 17.2 Å². The number of carbonyl (C=O) groups excluding carboxylic acids is 2. The maximum absolute atomic E-state index is 12.3. The van der Waals surface area contributed by atoms with Crippen LogP contribution in [0.25, 0.3) is 0 Å². The highest BCUT2D eigenvalue weighted by Gasteiger charge is 2.43. The van der Waals surface area contributed by atoms with Crippen molar-refractivity contribution < 1.29 is 14.3 Å². The number of amides is 2. The third kappa shape index (κ3) is 4.99. The molecule has 1 aliphatic rings. The third-order valence-corrected chi connectivity index (χ3v) is 5.34. The monoisotopic (exact) mass is 420 g/mol. The lowest BCUT2D eigenvalue weighted by Crippen LogP contribution is -2.42. The molecule has 2 N–H and O–H groups in total. The Morgan fingerprint density at radius 3 is 2.30 bits per heavy atom. The first-order valence-electron chi connectivity index (χ1n) is 9.72. The van der Waals surface area contributed by atoms with Crippen LogP contribution in [0.3, 0.4) is 0 Å². The molecule has 152 valence electrons. The van der Waals surface area contributed by atoms with Gasteiger partial charge in [-0.3, -0.25) is 20.4 Å². The van der Waals surface area contributed by atoms with Crippen molar-refractivity contribution in [3.8, 4) is 5.75 Å². The summed E-state index contributed by atoms with van der Waals surface area (Å²) in [6, 6.07) is 24.1. The van der Waals surface area contributed by atoms with E-state index >= 15 is 0 Å². The zero-order valence-electron chi connectivity index (χ0n) is 16.2. The first-order chi connectivity index (χ1) is 14.6. The van der Waals surface area contributed by atoms with Crippen LogP contribution in [0, 0.1) is 5.92 Å². The molecule has 0 saturated heterocycles. The van der Waals surface area contributed by atoms with Gasteiger partial charge in [-0.2, -0.15) is 0 Å². The molecule has 0 aliphatic heterocycles. The van der Waals surface area contributed by atoms with Crippen LogP contribution in [0.1, 0.15) is 33.8 Å². The van der Waals surface area contributed by atoms with Crippen LogP contribution < -0.4 is 15.6 Å². The molecule has 1 aliphatic carbocycles. The molecule has 5 nitrogen and oxygen atoms in total. The van der Waals surface area contributed by atoms with Gasteiger partial charge in [-0.1, -0.05) is 54.1 Å². The van der Waals surface area contributed by atoms with Crippen LogP contribution >= 0.6 is 11.6 Å². The van der Waals surface area contributed by atoms with Crippen LogP contribution in [0.5, 0.6) is 5.75 Å². The molecule has 4 rings (SSSR count). The van der Waals surface area contributed by atoms with Crippen molar-refractivity contribution in [1.29, 1.82) is 0 Å². The van der Waals surface area contributed by atoms with Gasteiger partial charge in [-0.25, -0.2) is 0 Å². The van der Waals surface area contributed by atoms with Gasteiger partial charge < -0.3 is 4.74 Å². The summed E-state index contributed by atoms with van der Waals surface area (Å²) in [7, 11) is 0. The number of hydrogen-bond acceptors (Lipinski definition) is 3. The minimum Gasteiger partial charge on any atom is -0.489 e. The van der Waals surface area contributed by atoms with E-state index in [9.17, 15) is 9.59 Å². The van der Waals surface area contributed by atoms with Crippen LogP contribution in [-0.4, -0.2) is 11.8 Å². The number of hydrazine groups is 1. The highest BCUT2D eigenvalue weighted by molar-refractivity contribution is 6.30. The predicted molar refractivity (Wildman–Crippen MR) is 115 cm³/mol. The van der Waals surface area contributed by atoms with E-state index in [4.69, 9.17) is 16.3 Å². The van der Waals surface area contributed by atoms with Crippen LogP contribution in [0.4, 0.5) is 0 Å². The maximum atomic E-state index is 12.3. The average molecular weight is 421 g/mol. The number of hydrogen-bond donors (Lipinski definition) is 2. The second kappa shape index (κ2) is 9.01. The van der Waals surface area contributed by atoms with Gasteiger partial charge in [0.05, 0.1) is 0 Å². The summed E-state index contributed by atoms with van der Waals surface area (Å²) >= 11 is 5.86. The van der Waals surface area contributed by atoms with Crippen LogP contribution in [0.15, 0.2) is 78.9 Å². The Labute approximate surface area is 180 Å². The van der Waals surface area contributed by atoms with Crippen molar-refractivity contribution in [2.45, 2.75) is 18.9 Å². The minimum absolute atomic E-state index is 0.0971. The summed E-state index contributed by atoms with van der Waals surface area (Å²) in [5, 5.41) is 0.655. The Morgan fingerprint density at radius 1 is 0.900 bits per heavy atom. The molecule has 0 bridgehead atoms. The second-order valence-electron chi connectivity index (χ2n) is 7.24. The number of benzene rings is 3. The molecule has 3 aromatic carbocycles. The van der Waals surface area contributed by atoms with Gasteiger partial charge in [0.2, 0.25) is 5.91 Å². The number of ether oxygens (including phenoxy) is 1. The number of halogens is 1. The van der Waals surface area contributed by atoms with E-state index in [0.717, 1.165) is 23.3 Å². The van der Waals surface area contributed by atoms with Gasteiger partial charge in [0.1, 0.15) is 12.4 Å². The maximum Gasteiger partial charge on any atom is 0.269 e. The molecule has 1 fully saturated rings. The molecular weight excluding hydrogens is 400 g/mol. The van der Waals surface area contributed by atoms with E-state index in [1.165, 1.54) is 0 Å². The molecule has 0 heterocycles. The summed E-state index contributed by atoms with van der Waals surface area (Å²) in [6.07, 6.45) is 0.800. The number of nitrogens with one attached hydrogen (secondary N) is 2. The van der Waals surface area contributed by atoms with Crippen molar-refractivity contribution in [3.63, 3.8) is 0 Å². The Bertz CT molecular complexity index is 1020. The minimum atomic E-state index is -0.356. The molecule has 2 unspecified atom stereocenters. The Balaban J connectivity index is 1.24. The van der Waals surface area contributed by atoms with Gasteiger partial charge >= 0.3 is 0 Å². The molecule has 6 heteroatoms. The largest absolute Gasteiger partial charge is 0.489 e. The molecule has 30 heavy (non-hydrogen) atoms. The molecule has 0 aromatic heterocycles. The van der Waals surface area contributed by atoms with Crippen molar-refractivity contribution >= 4 is 23.4 Å². The molecule has 0 radical (unpaired) electrons. The normalized spacial score (nSPS) is 17.1. The van der Waals surface area contributed by atoms with Crippen LogP contribution in [-0.2, 0) is 11.4 Å². The average Bonchev–Trinajstić information content (AvgIpc) is 3.59. The van der Waals surface area contributed by atoms with Crippen molar-refractivity contribution in [3.05, 3.63) is 101 Å². The summed E-state index contributed by atoms with van der Waals surface area (Å²) < 4.78 is 5.69. The highest BCUT2D eigenvalue weighted by atomic mass is 35.5. The summed E-state index contributed by atoms with van der Waals surface area (Å²) in [4.78, 5) is 24.6. The molecule has 2 amide bonds. The lowest BCUT2D eigenvalue weighted by Gasteiger charge is -2.09. The SMILES string of the molecule is O=C(NNC(=O)C1CC1c1ccccc1)c1ccc(COc2ccc(Cl)cc2)cc1. The molecule has 2 atom stereocenters. The number of rotatable bonds is 6.